The summed E-state index contributed by atoms with van der Waals surface area (Å²) >= 11 is 1.95. The number of rotatable bonds is 3. The molecule has 34 heavy (non-hydrogen) atoms. The summed E-state index contributed by atoms with van der Waals surface area (Å²) in [6.07, 6.45) is 6.92. The Kier molecular flexibility index (Phi) is 5.43. The van der Waals surface area contributed by atoms with Crippen LogP contribution in [0.1, 0.15) is 35.9 Å². The first-order valence-corrected chi connectivity index (χ1v) is 13.0. The Labute approximate surface area is 206 Å². The standard InChI is InChI=1S/C31H29N2S/c1-3-32-27-18-16-22(2)21-25(27)17-19-28(32)26-15-10-20-33-29(23-11-6-4-7-12-23)30(34-31(26)33)24-13-8-5-9-14-24/h4-9,11-14,16-19,21H,3,10,15,20H2,1-2H3/q+1. The van der Waals surface area contributed by atoms with Crippen LogP contribution in [0.25, 0.3) is 33.3 Å². The lowest BCUT2D eigenvalue weighted by Crippen LogP contribution is -2.41. The van der Waals surface area contributed by atoms with E-state index >= 15 is 0 Å². The van der Waals surface area contributed by atoms with Crippen LogP contribution in [0.2, 0.25) is 0 Å². The smallest absolute Gasteiger partial charge is 0.268 e. The van der Waals surface area contributed by atoms with E-state index in [0.717, 1.165) is 25.9 Å². The summed E-state index contributed by atoms with van der Waals surface area (Å²) in [5.41, 5.74) is 10.7. The number of thiazole rings is 1. The maximum atomic E-state index is 2.58. The van der Waals surface area contributed by atoms with Gasteiger partial charge in [0.05, 0.1) is 11.3 Å². The minimum atomic E-state index is 0.960. The summed E-state index contributed by atoms with van der Waals surface area (Å²) in [5, 5.41) is 1.40. The van der Waals surface area contributed by atoms with Gasteiger partial charge >= 0.3 is 0 Å². The van der Waals surface area contributed by atoms with Crippen molar-refractivity contribution < 1.29 is 4.57 Å². The third-order valence-corrected chi connectivity index (χ3v) is 8.18. The zero-order valence-electron chi connectivity index (χ0n) is 19.8. The summed E-state index contributed by atoms with van der Waals surface area (Å²) in [6.45, 7) is 6.46. The molecule has 0 saturated carbocycles. The number of aryl methyl sites for hydroxylation is 1. The van der Waals surface area contributed by atoms with Crippen LogP contribution in [0, 0.1) is 6.92 Å². The predicted molar refractivity (Wildman–Crippen MR) is 145 cm³/mol. The van der Waals surface area contributed by atoms with E-state index in [2.05, 4.69) is 114 Å². The number of aromatic nitrogens is 1. The van der Waals surface area contributed by atoms with Crippen LogP contribution >= 0.6 is 11.3 Å². The van der Waals surface area contributed by atoms with Crippen molar-refractivity contribution in [3.63, 3.8) is 0 Å². The molecule has 4 aromatic rings. The van der Waals surface area contributed by atoms with Gasteiger partial charge in [-0.1, -0.05) is 77.6 Å². The Hall–Kier alpha value is -3.43. The first-order valence-electron chi connectivity index (χ1n) is 12.2. The summed E-state index contributed by atoms with van der Waals surface area (Å²) in [5.74, 6) is 0. The van der Waals surface area contributed by atoms with E-state index < -0.39 is 0 Å². The minimum absolute atomic E-state index is 0.960. The largest absolute Gasteiger partial charge is 0.341 e. The van der Waals surface area contributed by atoms with Crippen molar-refractivity contribution in [1.29, 1.82) is 0 Å². The van der Waals surface area contributed by atoms with Crippen molar-refractivity contribution in [1.82, 2.24) is 0 Å². The Morgan fingerprint density at radius 1 is 0.882 bits per heavy atom. The van der Waals surface area contributed by atoms with Gasteiger partial charge in [0.2, 0.25) is 5.69 Å². The second-order valence-electron chi connectivity index (χ2n) is 9.08. The number of likely N-dealkylation sites (N-methyl/N-ethyl adjacent to an activating group) is 1. The molecular formula is C31H29N2S+. The van der Waals surface area contributed by atoms with Gasteiger partial charge in [-0.3, -0.25) is 0 Å². The fraction of sp³-hybridized carbons (Fsp3) is 0.194. The first kappa shape index (κ1) is 21.1. The highest BCUT2D eigenvalue weighted by atomic mass is 32.1. The SMILES string of the molecule is CCN1C(=C2CCC[n+]3c2sc(-c2ccccc2)c3-c2ccccc2)C=Cc2cc(C)ccc21. The molecule has 168 valence electrons. The van der Waals surface area contributed by atoms with Crippen molar-refractivity contribution in [2.75, 3.05) is 11.4 Å². The molecule has 2 aliphatic rings. The molecule has 0 bridgehead atoms. The zero-order valence-corrected chi connectivity index (χ0v) is 20.6. The number of hydrogen-bond donors (Lipinski definition) is 0. The molecule has 0 spiro atoms. The topological polar surface area (TPSA) is 7.12 Å². The fourth-order valence-corrected chi connectivity index (χ4v) is 6.73. The third kappa shape index (κ3) is 3.52. The average molecular weight is 462 g/mol. The number of anilines is 1. The van der Waals surface area contributed by atoms with Crippen molar-refractivity contribution >= 4 is 28.7 Å². The van der Waals surface area contributed by atoms with E-state index in [-0.39, 0.29) is 0 Å². The monoisotopic (exact) mass is 461 g/mol. The van der Waals surface area contributed by atoms with Crippen LogP contribution in [-0.2, 0) is 6.54 Å². The Morgan fingerprint density at radius 2 is 1.62 bits per heavy atom. The van der Waals surface area contributed by atoms with Gasteiger partial charge in [0.15, 0.2) is 6.54 Å². The molecule has 2 nitrogen and oxygen atoms in total. The van der Waals surface area contributed by atoms with Crippen molar-refractivity contribution in [2.45, 2.75) is 33.2 Å². The summed E-state index contributed by atoms with van der Waals surface area (Å²) in [4.78, 5) is 3.87. The molecule has 0 amide bonds. The summed E-state index contributed by atoms with van der Waals surface area (Å²) in [6, 6.07) is 28.6. The van der Waals surface area contributed by atoms with Crippen molar-refractivity contribution in [2.24, 2.45) is 0 Å². The molecule has 0 radical (unpaired) electrons. The van der Waals surface area contributed by atoms with Gasteiger partial charge in [-0.25, -0.2) is 0 Å². The van der Waals surface area contributed by atoms with Crippen molar-refractivity contribution in [3.05, 3.63) is 107 Å². The number of allylic oxidation sites excluding steroid dienone is 2. The van der Waals surface area contributed by atoms with E-state index in [1.165, 1.54) is 54.8 Å². The van der Waals surface area contributed by atoms with Gasteiger partial charge < -0.3 is 4.90 Å². The molecule has 0 N–H and O–H groups in total. The molecule has 3 heterocycles. The van der Waals surface area contributed by atoms with E-state index in [9.17, 15) is 0 Å². The second kappa shape index (κ2) is 8.73. The lowest BCUT2D eigenvalue weighted by Gasteiger charge is -2.31. The first-order chi connectivity index (χ1) is 16.7. The van der Waals surface area contributed by atoms with Crippen LogP contribution in [-0.4, -0.2) is 6.54 Å². The average Bonchev–Trinajstić information content (AvgIpc) is 3.29. The third-order valence-electron chi connectivity index (χ3n) is 6.89. The van der Waals surface area contributed by atoms with Gasteiger partial charge in [-0.2, -0.15) is 4.57 Å². The highest BCUT2D eigenvalue weighted by Crippen LogP contribution is 2.43. The highest BCUT2D eigenvalue weighted by molar-refractivity contribution is 7.16. The number of fused-ring (bicyclic) bond motifs is 2. The number of benzene rings is 3. The number of nitrogens with zero attached hydrogens (tertiary/aromatic N) is 2. The lowest BCUT2D eigenvalue weighted by atomic mass is 9.97. The fourth-order valence-electron chi connectivity index (χ4n) is 5.33. The summed E-state index contributed by atoms with van der Waals surface area (Å²) < 4.78 is 2.58. The van der Waals surface area contributed by atoms with Gasteiger partial charge in [0.1, 0.15) is 4.88 Å². The molecule has 0 aliphatic carbocycles. The van der Waals surface area contributed by atoms with Crippen LogP contribution in [0.3, 0.4) is 0 Å². The Morgan fingerprint density at radius 3 is 2.35 bits per heavy atom. The van der Waals surface area contributed by atoms with Crippen molar-refractivity contribution in [3.8, 4) is 21.7 Å². The maximum Gasteiger partial charge on any atom is 0.268 e. The molecule has 0 saturated heterocycles. The van der Waals surface area contributed by atoms with Crippen LogP contribution in [0.5, 0.6) is 0 Å². The number of hydrogen-bond acceptors (Lipinski definition) is 2. The summed E-state index contributed by atoms with van der Waals surface area (Å²) in [7, 11) is 0. The Bertz CT molecular complexity index is 1410. The molecule has 3 aromatic carbocycles. The van der Waals surface area contributed by atoms with Crippen LogP contribution in [0.4, 0.5) is 5.69 Å². The molecule has 0 atom stereocenters. The molecule has 0 unspecified atom stereocenters. The van der Waals surface area contributed by atoms with Gasteiger partial charge in [-0.15, -0.1) is 0 Å². The van der Waals surface area contributed by atoms with E-state index in [1.54, 1.807) is 0 Å². The van der Waals surface area contributed by atoms with Gasteiger partial charge in [0.25, 0.3) is 5.01 Å². The van der Waals surface area contributed by atoms with E-state index in [4.69, 9.17) is 0 Å². The lowest BCUT2D eigenvalue weighted by molar-refractivity contribution is -0.686. The minimum Gasteiger partial charge on any atom is -0.341 e. The molecule has 2 aliphatic heterocycles. The Balaban J connectivity index is 1.58. The van der Waals surface area contributed by atoms with Gasteiger partial charge in [-0.05, 0) is 61.7 Å². The zero-order chi connectivity index (χ0) is 23.1. The van der Waals surface area contributed by atoms with Gasteiger partial charge in [0, 0.05) is 24.2 Å². The molecule has 6 rings (SSSR count). The second-order valence-corrected chi connectivity index (χ2v) is 10.1. The molecular weight excluding hydrogens is 432 g/mol. The molecule has 1 aromatic heterocycles. The predicted octanol–water partition coefficient (Wildman–Crippen LogP) is 7.74. The quantitative estimate of drug-likeness (QED) is 0.283. The molecule has 0 fully saturated rings. The van der Waals surface area contributed by atoms with E-state index in [0.29, 0.717) is 0 Å². The molecule has 3 heteroatoms. The van der Waals surface area contributed by atoms with E-state index in [1.807, 2.05) is 11.3 Å². The van der Waals surface area contributed by atoms with Crippen LogP contribution < -0.4 is 9.47 Å². The van der Waals surface area contributed by atoms with Crippen LogP contribution in [0.15, 0.2) is 90.6 Å². The normalized spacial score (nSPS) is 16.9. The maximum absolute atomic E-state index is 2.58. The highest BCUT2D eigenvalue weighted by Gasteiger charge is 2.35.